The van der Waals surface area contributed by atoms with E-state index in [4.69, 9.17) is 4.74 Å². The smallest absolute Gasteiger partial charge is 0.119 e. The molecule has 0 amide bonds. The van der Waals surface area contributed by atoms with E-state index < -0.39 is 0 Å². The van der Waals surface area contributed by atoms with Crippen molar-refractivity contribution in [1.29, 1.82) is 0 Å². The van der Waals surface area contributed by atoms with Gasteiger partial charge in [-0.05, 0) is 49.5 Å². The van der Waals surface area contributed by atoms with Gasteiger partial charge in [-0.2, -0.15) is 0 Å². The average molecular weight is 285 g/mol. The van der Waals surface area contributed by atoms with Crippen molar-refractivity contribution < 1.29 is 4.74 Å². The monoisotopic (exact) mass is 285 g/mol. The molecule has 0 saturated heterocycles. The standard InChI is InChI=1S/C17H23N3O/c1-20(2)17(15-5-4-6-16(11-15)21-3)13-19-12-14-7-9-18-10-8-14/h4-11,17,19H,12-13H2,1-3H3. The molecule has 4 nitrogen and oxygen atoms in total. The summed E-state index contributed by atoms with van der Waals surface area (Å²) in [5.74, 6) is 0.897. The third-order valence-electron chi connectivity index (χ3n) is 3.52. The second-order valence-electron chi connectivity index (χ2n) is 5.24. The van der Waals surface area contributed by atoms with Gasteiger partial charge in [-0.15, -0.1) is 0 Å². The van der Waals surface area contributed by atoms with E-state index in [0.717, 1.165) is 18.8 Å². The van der Waals surface area contributed by atoms with Gasteiger partial charge < -0.3 is 15.0 Å². The molecule has 2 rings (SSSR count). The van der Waals surface area contributed by atoms with Crippen LogP contribution in [0, 0.1) is 0 Å². The first-order valence-electron chi connectivity index (χ1n) is 7.10. The minimum atomic E-state index is 0.307. The van der Waals surface area contributed by atoms with E-state index in [2.05, 4.69) is 41.4 Å². The summed E-state index contributed by atoms with van der Waals surface area (Å²) in [7, 11) is 5.89. The van der Waals surface area contributed by atoms with Gasteiger partial charge in [0.05, 0.1) is 7.11 Å². The molecule has 0 aliphatic heterocycles. The fraction of sp³-hybridized carbons (Fsp3) is 0.353. The molecule has 0 aliphatic carbocycles. The Labute approximate surface area is 126 Å². The van der Waals surface area contributed by atoms with Crippen molar-refractivity contribution in [3.05, 3.63) is 59.9 Å². The number of hydrogen-bond donors (Lipinski definition) is 1. The van der Waals surface area contributed by atoms with Crippen molar-refractivity contribution in [2.75, 3.05) is 27.7 Å². The van der Waals surface area contributed by atoms with Crippen LogP contribution in [0.25, 0.3) is 0 Å². The molecular weight excluding hydrogens is 262 g/mol. The lowest BCUT2D eigenvalue weighted by molar-refractivity contribution is 0.287. The van der Waals surface area contributed by atoms with E-state index in [1.54, 1.807) is 7.11 Å². The van der Waals surface area contributed by atoms with E-state index in [1.165, 1.54) is 11.1 Å². The predicted octanol–water partition coefficient (Wildman–Crippen LogP) is 2.48. The summed E-state index contributed by atoms with van der Waals surface area (Å²) >= 11 is 0. The third-order valence-corrected chi connectivity index (χ3v) is 3.52. The number of pyridine rings is 1. The van der Waals surface area contributed by atoms with Gasteiger partial charge in [-0.25, -0.2) is 0 Å². The van der Waals surface area contributed by atoms with Crippen LogP contribution >= 0.6 is 0 Å². The summed E-state index contributed by atoms with van der Waals surface area (Å²) in [6.07, 6.45) is 3.64. The molecule has 0 aliphatic rings. The Hall–Kier alpha value is -1.91. The normalized spacial score (nSPS) is 12.4. The SMILES string of the molecule is COc1cccc(C(CNCc2ccncc2)N(C)C)c1. The fourth-order valence-electron chi connectivity index (χ4n) is 2.30. The molecule has 2 aromatic rings. The van der Waals surface area contributed by atoms with E-state index in [1.807, 2.05) is 36.7 Å². The molecule has 1 heterocycles. The molecule has 1 N–H and O–H groups in total. The Kier molecular flexibility index (Phi) is 5.72. The highest BCUT2D eigenvalue weighted by Crippen LogP contribution is 2.22. The maximum Gasteiger partial charge on any atom is 0.119 e. The molecule has 4 heteroatoms. The summed E-state index contributed by atoms with van der Waals surface area (Å²) < 4.78 is 5.31. The van der Waals surface area contributed by atoms with Crippen LogP contribution in [0.5, 0.6) is 5.75 Å². The fourth-order valence-corrected chi connectivity index (χ4v) is 2.30. The maximum absolute atomic E-state index is 5.31. The number of hydrogen-bond acceptors (Lipinski definition) is 4. The molecule has 1 aromatic carbocycles. The number of ether oxygens (including phenoxy) is 1. The Morgan fingerprint density at radius 2 is 1.95 bits per heavy atom. The van der Waals surface area contributed by atoms with Crippen LogP contribution in [0.2, 0.25) is 0 Å². The lowest BCUT2D eigenvalue weighted by atomic mass is 10.1. The lowest BCUT2D eigenvalue weighted by Crippen LogP contribution is -2.30. The Morgan fingerprint density at radius 3 is 2.62 bits per heavy atom. The summed E-state index contributed by atoms with van der Waals surface area (Å²) in [5.41, 5.74) is 2.50. The Balaban J connectivity index is 1.99. The molecule has 0 spiro atoms. The molecular formula is C17H23N3O. The highest BCUT2D eigenvalue weighted by atomic mass is 16.5. The van der Waals surface area contributed by atoms with Crippen molar-refractivity contribution in [2.45, 2.75) is 12.6 Å². The van der Waals surface area contributed by atoms with Crippen LogP contribution in [-0.4, -0.2) is 37.6 Å². The summed E-state index contributed by atoms with van der Waals surface area (Å²) in [4.78, 5) is 6.25. The molecule has 21 heavy (non-hydrogen) atoms. The van der Waals surface area contributed by atoms with Crippen LogP contribution in [0.1, 0.15) is 17.2 Å². The number of nitrogens with one attached hydrogen (secondary N) is 1. The molecule has 0 bridgehead atoms. The quantitative estimate of drug-likeness (QED) is 0.848. The lowest BCUT2D eigenvalue weighted by Gasteiger charge is -2.25. The molecule has 1 unspecified atom stereocenters. The zero-order chi connectivity index (χ0) is 15.1. The molecule has 0 fully saturated rings. The van der Waals surface area contributed by atoms with Crippen LogP contribution in [0.3, 0.4) is 0 Å². The van der Waals surface area contributed by atoms with Crippen LogP contribution in [0.4, 0.5) is 0 Å². The largest absolute Gasteiger partial charge is 0.497 e. The minimum Gasteiger partial charge on any atom is -0.497 e. The highest BCUT2D eigenvalue weighted by Gasteiger charge is 2.14. The summed E-state index contributed by atoms with van der Waals surface area (Å²) in [6, 6.07) is 12.6. The van der Waals surface area contributed by atoms with E-state index in [0.29, 0.717) is 6.04 Å². The molecule has 112 valence electrons. The van der Waals surface area contributed by atoms with Gasteiger partial charge in [0.25, 0.3) is 0 Å². The van der Waals surface area contributed by atoms with Crippen molar-refractivity contribution in [1.82, 2.24) is 15.2 Å². The van der Waals surface area contributed by atoms with Gasteiger partial charge in [-0.3, -0.25) is 4.98 Å². The minimum absolute atomic E-state index is 0.307. The second-order valence-corrected chi connectivity index (χ2v) is 5.24. The van der Waals surface area contributed by atoms with Gasteiger partial charge in [-0.1, -0.05) is 12.1 Å². The number of likely N-dealkylation sites (N-methyl/N-ethyl adjacent to an activating group) is 1. The number of nitrogens with zero attached hydrogens (tertiary/aromatic N) is 2. The van der Waals surface area contributed by atoms with E-state index in [-0.39, 0.29) is 0 Å². The third kappa shape index (κ3) is 4.55. The average Bonchev–Trinajstić information content (AvgIpc) is 2.52. The van der Waals surface area contributed by atoms with Crippen molar-refractivity contribution in [2.24, 2.45) is 0 Å². The molecule has 0 saturated carbocycles. The number of benzene rings is 1. The molecule has 0 radical (unpaired) electrons. The van der Waals surface area contributed by atoms with Crippen LogP contribution < -0.4 is 10.1 Å². The van der Waals surface area contributed by atoms with Gasteiger partial charge in [0.15, 0.2) is 0 Å². The van der Waals surface area contributed by atoms with Crippen LogP contribution in [-0.2, 0) is 6.54 Å². The topological polar surface area (TPSA) is 37.4 Å². The first kappa shape index (κ1) is 15.5. The van der Waals surface area contributed by atoms with Gasteiger partial charge in [0.2, 0.25) is 0 Å². The molecule has 1 aromatic heterocycles. The number of aromatic nitrogens is 1. The number of methoxy groups -OCH3 is 1. The van der Waals surface area contributed by atoms with E-state index in [9.17, 15) is 0 Å². The Bertz CT molecular complexity index is 543. The second kappa shape index (κ2) is 7.76. The van der Waals surface area contributed by atoms with E-state index >= 15 is 0 Å². The van der Waals surface area contributed by atoms with Gasteiger partial charge in [0.1, 0.15) is 5.75 Å². The number of rotatable bonds is 7. The first-order chi connectivity index (χ1) is 10.2. The zero-order valence-electron chi connectivity index (χ0n) is 12.9. The first-order valence-corrected chi connectivity index (χ1v) is 7.10. The summed E-state index contributed by atoms with van der Waals surface area (Å²) in [5, 5.41) is 3.51. The van der Waals surface area contributed by atoms with Gasteiger partial charge in [0, 0.05) is 31.5 Å². The van der Waals surface area contributed by atoms with Crippen molar-refractivity contribution >= 4 is 0 Å². The van der Waals surface area contributed by atoms with Gasteiger partial charge >= 0.3 is 0 Å². The maximum atomic E-state index is 5.31. The zero-order valence-corrected chi connectivity index (χ0v) is 12.9. The highest BCUT2D eigenvalue weighted by molar-refractivity contribution is 5.30. The molecule has 1 atom stereocenters. The van der Waals surface area contributed by atoms with Crippen LogP contribution in [0.15, 0.2) is 48.8 Å². The summed E-state index contributed by atoms with van der Waals surface area (Å²) in [6.45, 7) is 1.72. The Morgan fingerprint density at radius 1 is 1.19 bits per heavy atom. The van der Waals surface area contributed by atoms with Crippen molar-refractivity contribution in [3.8, 4) is 5.75 Å². The van der Waals surface area contributed by atoms with Crippen molar-refractivity contribution in [3.63, 3.8) is 0 Å². The predicted molar refractivity (Wildman–Crippen MR) is 85.4 cm³/mol.